The fourth-order valence-corrected chi connectivity index (χ4v) is 4.95. The van der Waals surface area contributed by atoms with Gasteiger partial charge in [-0.2, -0.15) is 0 Å². The van der Waals surface area contributed by atoms with Crippen molar-refractivity contribution in [1.82, 2.24) is 10.3 Å². The molecule has 4 heterocycles. The van der Waals surface area contributed by atoms with E-state index in [1.807, 2.05) is 0 Å². The van der Waals surface area contributed by atoms with Crippen molar-refractivity contribution in [3.63, 3.8) is 0 Å². The fourth-order valence-electron chi connectivity index (χ4n) is 3.75. The van der Waals surface area contributed by atoms with E-state index in [0.717, 1.165) is 0 Å². The molecule has 8 nitrogen and oxygen atoms in total. The van der Waals surface area contributed by atoms with Crippen molar-refractivity contribution >= 4 is 34.4 Å². The zero-order valence-electron chi connectivity index (χ0n) is 17.3. The molecule has 1 saturated heterocycles. The lowest BCUT2D eigenvalue weighted by atomic mass is 9.90. The minimum absolute atomic E-state index is 0.0895. The minimum atomic E-state index is -0.505. The molecule has 2 aromatic rings. The number of amidine groups is 1. The smallest absolute Gasteiger partial charge is 0.258 e. The number of thioether (sulfide) groups is 1. The Kier molecular flexibility index (Phi) is 6.33. The summed E-state index contributed by atoms with van der Waals surface area (Å²) in [6.07, 6.45) is 4.34. The average molecular weight is 442 g/mol. The highest BCUT2D eigenvalue weighted by atomic mass is 32.2. The summed E-state index contributed by atoms with van der Waals surface area (Å²) in [7, 11) is 0. The number of carbonyl (C=O) groups is 3. The number of aromatic nitrogens is 1. The predicted octanol–water partition coefficient (Wildman–Crippen LogP) is 3.12. The van der Waals surface area contributed by atoms with Crippen molar-refractivity contribution in [2.45, 2.75) is 38.0 Å². The molecule has 1 amide bonds. The van der Waals surface area contributed by atoms with Gasteiger partial charge in [-0.1, -0.05) is 11.8 Å². The van der Waals surface area contributed by atoms with Crippen molar-refractivity contribution in [3.05, 3.63) is 53.2 Å². The van der Waals surface area contributed by atoms with Crippen LogP contribution in [0.1, 0.15) is 58.0 Å². The van der Waals surface area contributed by atoms with Gasteiger partial charge in [0.25, 0.3) is 5.91 Å². The number of hydrogen-bond acceptors (Lipinski definition) is 8. The van der Waals surface area contributed by atoms with Gasteiger partial charge in [0.05, 0.1) is 11.8 Å². The maximum atomic E-state index is 13.2. The molecule has 0 aliphatic carbocycles. The number of amides is 1. The van der Waals surface area contributed by atoms with Crippen LogP contribution in [0.4, 0.5) is 0 Å². The first-order valence-corrected chi connectivity index (χ1v) is 11.0. The molecular weight excluding hydrogens is 418 g/mol. The lowest BCUT2D eigenvalue weighted by molar-refractivity contribution is -0.125. The molecule has 31 heavy (non-hydrogen) atoms. The third-order valence-electron chi connectivity index (χ3n) is 5.47. The molecule has 0 aromatic carbocycles. The molecule has 0 spiro atoms. The van der Waals surface area contributed by atoms with Crippen LogP contribution in [-0.4, -0.2) is 46.1 Å². The van der Waals surface area contributed by atoms with E-state index in [1.54, 1.807) is 25.3 Å². The van der Waals surface area contributed by atoms with E-state index in [1.165, 1.54) is 30.9 Å². The standard InChI is InChI=1S/C22H23N3O5S/c1-12-16(13(2)26)10-15(11-23-12)21(28)25-22-24-18(17-4-3-7-30-17)20(31-22)19(27)14-5-8-29-9-6-14/h3-4,7,10-11,14,18,20H,5-6,8-9H2,1-2H3,(H,24,25,28). The Bertz CT molecular complexity index is 1030. The summed E-state index contributed by atoms with van der Waals surface area (Å²) < 4.78 is 10.9. The number of rotatable bonds is 5. The molecule has 0 saturated carbocycles. The number of nitrogens with one attached hydrogen (secondary N) is 1. The Morgan fingerprint density at radius 1 is 1.23 bits per heavy atom. The third-order valence-corrected chi connectivity index (χ3v) is 6.64. The minimum Gasteiger partial charge on any atom is -0.467 e. The van der Waals surface area contributed by atoms with Crippen LogP contribution in [0.15, 0.2) is 40.1 Å². The van der Waals surface area contributed by atoms with Crippen LogP contribution in [0.2, 0.25) is 0 Å². The number of nitrogens with zero attached hydrogens (tertiary/aromatic N) is 2. The highest BCUT2D eigenvalue weighted by Gasteiger charge is 2.41. The normalized spacial score (nSPS) is 21.5. The molecule has 0 radical (unpaired) electrons. The number of Topliss-reactive ketones (excluding diaryl/α,β-unsaturated/α-hetero) is 2. The number of carbonyl (C=O) groups excluding carboxylic acids is 3. The SMILES string of the molecule is CC(=O)c1cc(C(=O)NC2=NC(c3ccco3)C(C(=O)C3CCOCC3)S2)cnc1C. The van der Waals surface area contributed by atoms with E-state index in [2.05, 4.69) is 15.3 Å². The van der Waals surface area contributed by atoms with Gasteiger partial charge in [0, 0.05) is 36.6 Å². The first-order chi connectivity index (χ1) is 14.9. The second-order valence-electron chi connectivity index (χ2n) is 7.59. The van der Waals surface area contributed by atoms with E-state index in [4.69, 9.17) is 9.15 Å². The van der Waals surface area contributed by atoms with E-state index in [0.29, 0.717) is 48.2 Å². The number of pyridine rings is 1. The van der Waals surface area contributed by atoms with Gasteiger partial charge in [-0.3, -0.25) is 19.4 Å². The Balaban J connectivity index is 1.54. The first kappa shape index (κ1) is 21.5. The molecule has 162 valence electrons. The second-order valence-corrected chi connectivity index (χ2v) is 8.72. The number of ether oxygens (including phenoxy) is 1. The highest BCUT2D eigenvalue weighted by molar-refractivity contribution is 8.15. The maximum absolute atomic E-state index is 13.2. The van der Waals surface area contributed by atoms with Crippen LogP contribution in [0, 0.1) is 12.8 Å². The topological polar surface area (TPSA) is 111 Å². The van der Waals surface area contributed by atoms with Gasteiger partial charge < -0.3 is 14.5 Å². The number of aryl methyl sites for hydroxylation is 1. The van der Waals surface area contributed by atoms with E-state index in [-0.39, 0.29) is 23.0 Å². The Hall–Kier alpha value is -2.78. The van der Waals surface area contributed by atoms with Gasteiger partial charge in [0.1, 0.15) is 17.1 Å². The summed E-state index contributed by atoms with van der Waals surface area (Å²) in [6, 6.07) is 4.56. The fraction of sp³-hybridized carbons (Fsp3) is 0.409. The van der Waals surface area contributed by atoms with Crippen LogP contribution in [0.25, 0.3) is 0 Å². The lowest BCUT2D eigenvalue weighted by Gasteiger charge is -2.24. The summed E-state index contributed by atoms with van der Waals surface area (Å²) in [4.78, 5) is 46.5. The Morgan fingerprint density at radius 3 is 2.68 bits per heavy atom. The van der Waals surface area contributed by atoms with Gasteiger partial charge in [0.2, 0.25) is 0 Å². The number of aliphatic imine (C=N–C) groups is 1. The molecule has 2 aromatic heterocycles. The Labute approximate surface area is 183 Å². The summed E-state index contributed by atoms with van der Waals surface area (Å²) >= 11 is 1.24. The molecule has 4 rings (SSSR count). The molecule has 2 atom stereocenters. The molecule has 1 N–H and O–H groups in total. The Morgan fingerprint density at radius 2 is 2.00 bits per heavy atom. The van der Waals surface area contributed by atoms with E-state index in [9.17, 15) is 14.4 Å². The van der Waals surface area contributed by atoms with Crippen molar-refractivity contribution in [3.8, 4) is 0 Å². The molecule has 2 aliphatic rings. The van der Waals surface area contributed by atoms with Crippen molar-refractivity contribution in [2.24, 2.45) is 10.9 Å². The van der Waals surface area contributed by atoms with Crippen LogP contribution in [0.3, 0.4) is 0 Å². The second kappa shape index (κ2) is 9.15. The molecule has 2 aliphatic heterocycles. The van der Waals surface area contributed by atoms with Gasteiger partial charge >= 0.3 is 0 Å². The zero-order valence-corrected chi connectivity index (χ0v) is 18.1. The maximum Gasteiger partial charge on any atom is 0.258 e. The largest absolute Gasteiger partial charge is 0.467 e. The van der Waals surface area contributed by atoms with Gasteiger partial charge in [-0.25, -0.2) is 4.99 Å². The third kappa shape index (κ3) is 4.62. The van der Waals surface area contributed by atoms with Crippen LogP contribution in [0.5, 0.6) is 0 Å². The number of ketones is 2. The lowest BCUT2D eigenvalue weighted by Crippen LogP contribution is -2.33. The van der Waals surface area contributed by atoms with Crippen molar-refractivity contribution in [2.75, 3.05) is 13.2 Å². The van der Waals surface area contributed by atoms with Crippen LogP contribution in [-0.2, 0) is 9.53 Å². The molecule has 1 fully saturated rings. The van der Waals surface area contributed by atoms with Gasteiger partial charge in [-0.05, 0) is 44.9 Å². The molecular formula is C22H23N3O5S. The molecule has 0 bridgehead atoms. The average Bonchev–Trinajstić information content (AvgIpc) is 3.44. The summed E-state index contributed by atoms with van der Waals surface area (Å²) in [5, 5.41) is 2.64. The number of furan rings is 1. The monoisotopic (exact) mass is 441 g/mol. The summed E-state index contributed by atoms with van der Waals surface area (Å²) in [6.45, 7) is 4.30. The van der Waals surface area contributed by atoms with Gasteiger partial charge in [0.15, 0.2) is 16.7 Å². The van der Waals surface area contributed by atoms with E-state index < -0.39 is 17.2 Å². The summed E-state index contributed by atoms with van der Waals surface area (Å²) in [5.41, 5.74) is 1.22. The van der Waals surface area contributed by atoms with Crippen LogP contribution < -0.4 is 5.32 Å². The van der Waals surface area contributed by atoms with Gasteiger partial charge in [-0.15, -0.1) is 0 Å². The van der Waals surface area contributed by atoms with Crippen molar-refractivity contribution in [1.29, 1.82) is 0 Å². The molecule has 2 unspecified atom stereocenters. The first-order valence-electron chi connectivity index (χ1n) is 10.1. The predicted molar refractivity (Wildman–Crippen MR) is 115 cm³/mol. The zero-order chi connectivity index (χ0) is 22.0. The van der Waals surface area contributed by atoms with Crippen LogP contribution >= 0.6 is 11.8 Å². The summed E-state index contributed by atoms with van der Waals surface area (Å²) in [5.74, 6) is -0.00386. The van der Waals surface area contributed by atoms with E-state index >= 15 is 0 Å². The van der Waals surface area contributed by atoms with Crippen molar-refractivity contribution < 1.29 is 23.5 Å². The molecule has 9 heteroatoms. The number of hydrogen-bond donors (Lipinski definition) is 1. The quantitative estimate of drug-likeness (QED) is 0.710. The highest BCUT2D eigenvalue weighted by Crippen LogP contribution is 2.40.